The average Bonchev–Trinajstić information content (AvgIpc) is 2.51. The Bertz CT molecular complexity index is 391. The molecule has 0 aliphatic heterocycles. The van der Waals surface area contributed by atoms with Gasteiger partial charge in [-0.2, -0.15) is 0 Å². The average molecular weight is 289 g/mol. The predicted octanol–water partition coefficient (Wildman–Crippen LogP) is 5.07. The molecular weight excluding hydrogens is 258 g/mol. The number of benzene rings is 1. The third-order valence-corrected chi connectivity index (χ3v) is 3.79. The molecule has 0 saturated carbocycles. The van der Waals surface area contributed by atoms with E-state index in [0.29, 0.717) is 0 Å². The van der Waals surface area contributed by atoms with Gasteiger partial charge in [-0.05, 0) is 43.4 Å². The van der Waals surface area contributed by atoms with E-state index in [1.54, 1.807) is 0 Å². The Labute approximate surface area is 130 Å². The van der Waals surface area contributed by atoms with Gasteiger partial charge in [-0.25, -0.2) is 0 Å². The fourth-order valence-electron chi connectivity index (χ4n) is 2.61. The van der Waals surface area contributed by atoms with Crippen molar-refractivity contribution in [3.05, 3.63) is 35.4 Å². The number of aryl methyl sites for hydroxylation is 1. The first kappa shape index (κ1) is 17.7. The molecule has 0 spiro atoms. The fraction of sp³-hybridized carbons (Fsp3) is 0.632. The molecule has 0 aliphatic rings. The van der Waals surface area contributed by atoms with Crippen LogP contribution in [0.25, 0.3) is 0 Å². The van der Waals surface area contributed by atoms with Crippen LogP contribution in [0.2, 0.25) is 0 Å². The van der Waals surface area contributed by atoms with E-state index in [1.807, 2.05) is 17.0 Å². The maximum atomic E-state index is 12.5. The van der Waals surface area contributed by atoms with Crippen molar-refractivity contribution < 1.29 is 4.79 Å². The number of carbonyl (C=O) groups is 1. The fourth-order valence-corrected chi connectivity index (χ4v) is 2.61. The summed E-state index contributed by atoms with van der Waals surface area (Å²) in [7, 11) is 0. The van der Waals surface area contributed by atoms with Crippen LogP contribution in [0.3, 0.4) is 0 Å². The lowest BCUT2D eigenvalue weighted by Crippen LogP contribution is -2.32. The van der Waals surface area contributed by atoms with Gasteiger partial charge in [0.15, 0.2) is 0 Å². The van der Waals surface area contributed by atoms with Gasteiger partial charge in [-0.3, -0.25) is 4.79 Å². The van der Waals surface area contributed by atoms with E-state index in [0.717, 1.165) is 37.9 Å². The second-order valence-corrected chi connectivity index (χ2v) is 5.80. The first-order valence-electron chi connectivity index (χ1n) is 8.61. The second-order valence-electron chi connectivity index (χ2n) is 5.80. The quantitative estimate of drug-likeness (QED) is 0.551. The molecule has 0 aliphatic carbocycles. The molecule has 21 heavy (non-hydrogen) atoms. The molecule has 0 saturated heterocycles. The third-order valence-electron chi connectivity index (χ3n) is 3.79. The van der Waals surface area contributed by atoms with Crippen LogP contribution in [0, 0.1) is 0 Å². The van der Waals surface area contributed by atoms with E-state index in [2.05, 4.69) is 32.9 Å². The van der Waals surface area contributed by atoms with Crippen molar-refractivity contribution >= 4 is 5.91 Å². The summed E-state index contributed by atoms with van der Waals surface area (Å²) < 4.78 is 0. The van der Waals surface area contributed by atoms with E-state index < -0.39 is 0 Å². The number of hydrogen-bond donors (Lipinski definition) is 0. The zero-order chi connectivity index (χ0) is 15.5. The Morgan fingerprint density at radius 2 is 1.48 bits per heavy atom. The summed E-state index contributed by atoms with van der Waals surface area (Å²) in [5.74, 6) is 0.177. The lowest BCUT2D eigenvalue weighted by Gasteiger charge is -2.21. The summed E-state index contributed by atoms with van der Waals surface area (Å²) in [6, 6.07) is 8.23. The van der Waals surface area contributed by atoms with Crippen molar-refractivity contribution in [2.45, 2.75) is 65.7 Å². The van der Waals surface area contributed by atoms with Gasteiger partial charge in [0.2, 0.25) is 0 Å². The second kappa shape index (κ2) is 10.4. The van der Waals surface area contributed by atoms with E-state index in [1.165, 1.54) is 31.2 Å². The largest absolute Gasteiger partial charge is 0.339 e. The van der Waals surface area contributed by atoms with Gasteiger partial charge in [-0.15, -0.1) is 0 Å². The molecule has 118 valence electrons. The number of nitrogens with zero attached hydrogens (tertiary/aromatic N) is 1. The zero-order valence-electron chi connectivity index (χ0n) is 14.0. The summed E-state index contributed by atoms with van der Waals surface area (Å²) in [6.07, 6.45) is 8.30. The lowest BCUT2D eigenvalue weighted by atomic mass is 10.0. The molecule has 1 aromatic carbocycles. The van der Waals surface area contributed by atoms with E-state index in [9.17, 15) is 4.79 Å². The van der Waals surface area contributed by atoms with Crippen molar-refractivity contribution in [2.75, 3.05) is 13.1 Å². The molecule has 0 fully saturated rings. The lowest BCUT2D eigenvalue weighted by molar-refractivity contribution is 0.0755. The van der Waals surface area contributed by atoms with E-state index >= 15 is 0 Å². The molecule has 1 amide bonds. The monoisotopic (exact) mass is 289 g/mol. The first-order valence-corrected chi connectivity index (χ1v) is 8.61. The van der Waals surface area contributed by atoms with Crippen LogP contribution < -0.4 is 0 Å². The summed E-state index contributed by atoms with van der Waals surface area (Å²) >= 11 is 0. The Morgan fingerprint density at radius 3 is 2.00 bits per heavy atom. The van der Waals surface area contributed by atoms with Crippen LogP contribution in [0.1, 0.15) is 75.2 Å². The van der Waals surface area contributed by atoms with E-state index in [-0.39, 0.29) is 5.91 Å². The van der Waals surface area contributed by atoms with Gasteiger partial charge in [0.1, 0.15) is 0 Å². The molecule has 2 nitrogen and oxygen atoms in total. The van der Waals surface area contributed by atoms with Crippen LogP contribution in [0.15, 0.2) is 24.3 Å². The zero-order valence-corrected chi connectivity index (χ0v) is 14.0. The van der Waals surface area contributed by atoms with Crippen molar-refractivity contribution in [2.24, 2.45) is 0 Å². The van der Waals surface area contributed by atoms with Crippen molar-refractivity contribution in [3.63, 3.8) is 0 Å². The third kappa shape index (κ3) is 6.33. The first-order chi connectivity index (χ1) is 10.2. The molecule has 0 bridgehead atoms. The molecule has 0 radical (unpaired) electrons. The van der Waals surface area contributed by atoms with Gasteiger partial charge >= 0.3 is 0 Å². The highest BCUT2D eigenvalue weighted by Crippen LogP contribution is 2.12. The summed E-state index contributed by atoms with van der Waals surface area (Å²) in [6.45, 7) is 8.18. The maximum Gasteiger partial charge on any atom is 0.253 e. The summed E-state index contributed by atoms with van der Waals surface area (Å²) in [5.41, 5.74) is 2.18. The predicted molar refractivity (Wildman–Crippen MR) is 90.8 cm³/mol. The molecule has 0 atom stereocenters. The van der Waals surface area contributed by atoms with Crippen molar-refractivity contribution in [1.29, 1.82) is 0 Å². The van der Waals surface area contributed by atoms with Crippen LogP contribution >= 0.6 is 0 Å². The van der Waals surface area contributed by atoms with Gasteiger partial charge in [0.25, 0.3) is 5.91 Å². The normalized spacial score (nSPS) is 10.6. The number of hydrogen-bond acceptors (Lipinski definition) is 1. The summed E-state index contributed by atoms with van der Waals surface area (Å²) in [5, 5.41) is 0. The Hall–Kier alpha value is -1.31. The highest BCUT2D eigenvalue weighted by Gasteiger charge is 2.13. The Kier molecular flexibility index (Phi) is 8.80. The van der Waals surface area contributed by atoms with Crippen molar-refractivity contribution in [3.8, 4) is 0 Å². The van der Waals surface area contributed by atoms with E-state index in [4.69, 9.17) is 0 Å². The standard InChI is InChI=1S/C19H31NO/c1-4-7-8-9-10-17-11-13-18(14-12-17)19(21)20(15-5-2)16-6-3/h11-14H,4-10,15-16H2,1-3H3. The molecule has 1 aromatic rings. The SMILES string of the molecule is CCCCCCc1ccc(C(=O)N(CCC)CCC)cc1. The minimum atomic E-state index is 0.177. The molecule has 0 heterocycles. The summed E-state index contributed by atoms with van der Waals surface area (Å²) in [4.78, 5) is 14.4. The Balaban J connectivity index is 2.57. The van der Waals surface area contributed by atoms with Crippen LogP contribution in [-0.2, 0) is 6.42 Å². The van der Waals surface area contributed by atoms with Gasteiger partial charge < -0.3 is 4.90 Å². The molecule has 0 N–H and O–H groups in total. The highest BCUT2D eigenvalue weighted by molar-refractivity contribution is 5.94. The number of unbranched alkanes of at least 4 members (excludes halogenated alkanes) is 3. The molecule has 0 unspecified atom stereocenters. The Morgan fingerprint density at radius 1 is 0.857 bits per heavy atom. The minimum Gasteiger partial charge on any atom is -0.339 e. The molecular formula is C19H31NO. The highest BCUT2D eigenvalue weighted by atomic mass is 16.2. The smallest absolute Gasteiger partial charge is 0.253 e. The van der Waals surface area contributed by atoms with Crippen LogP contribution in [0.5, 0.6) is 0 Å². The number of rotatable bonds is 10. The van der Waals surface area contributed by atoms with Crippen molar-refractivity contribution in [1.82, 2.24) is 4.90 Å². The minimum absolute atomic E-state index is 0.177. The number of carbonyl (C=O) groups excluding carboxylic acids is 1. The molecule has 1 rings (SSSR count). The van der Waals surface area contributed by atoms with Gasteiger partial charge in [0, 0.05) is 18.7 Å². The van der Waals surface area contributed by atoms with Crippen LogP contribution in [-0.4, -0.2) is 23.9 Å². The maximum absolute atomic E-state index is 12.5. The topological polar surface area (TPSA) is 20.3 Å². The number of amides is 1. The molecule has 0 aromatic heterocycles. The van der Waals surface area contributed by atoms with Gasteiger partial charge in [-0.1, -0.05) is 52.2 Å². The molecule has 2 heteroatoms. The van der Waals surface area contributed by atoms with Crippen LogP contribution in [0.4, 0.5) is 0 Å². The van der Waals surface area contributed by atoms with Gasteiger partial charge in [0.05, 0.1) is 0 Å².